The number of benzene rings is 2. The summed E-state index contributed by atoms with van der Waals surface area (Å²) < 4.78 is 28.3. The van der Waals surface area contributed by atoms with Crippen molar-refractivity contribution in [1.29, 1.82) is 0 Å². The van der Waals surface area contributed by atoms with Gasteiger partial charge in [0.2, 0.25) is 10.0 Å². The quantitative estimate of drug-likeness (QED) is 0.580. The zero-order valence-corrected chi connectivity index (χ0v) is 17.5. The molecular weight excluding hydrogens is 384 g/mol. The van der Waals surface area contributed by atoms with Gasteiger partial charge in [-0.2, -0.15) is 0 Å². The van der Waals surface area contributed by atoms with Gasteiger partial charge in [0.15, 0.2) is 0 Å². The van der Waals surface area contributed by atoms with E-state index in [-0.39, 0.29) is 10.8 Å². The molecule has 0 aromatic heterocycles. The number of amides is 1. The number of nitrogens with one attached hydrogen (secondary N) is 1. The number of nitrogens with zero attached hydrogens (tertiary/aromatic N) is 1. The van der Waals surface area contributed by atoms with Crippen LogP contribution < -0.4 is 9.62 Å². The predicted molar refractivity (Wildman–Crippen MR) is 115 cm³/mol. The fourth-order valence-corrected chi connectivity index (χ4v) is 5.29. The normalized spacial score (nSPS) is 16.6. The van der Waals surface area contributed by atoms with Gasteiger partial charge in [-0.3, -0.25) is 4.79 Å². The predicted octanol–water partition coefficient (Wildman–Crippen LogP) is 3.90. The Labute approximate surface area is 172 Å². The number of allylic oxidation sites excluding steroid dienone is 1. The van der Waals surface area contributed by atoms with Crippen LogP contribution in [0.3, 0.4) is 0 Å². The summed E-state index contributed by atoms with van der Waals surface area (Å²) in [6.07, 6.45) is 5.57. The molecule has 1 amide bonds. The Morgan fingerprint density at radius 2 is 1.76 bits per heavy atom. The SMILES string of the molecule is CN1C(=O)C(=C2CCCC2)c2cc(S(=O)(=O)NCCCc3ccccc3)ccc21. The molecule has 1 aliphatic heterocycles. The van der Waals surface area contributed by atoms with E-state index in [1.807, 2.05) is 30.3 Å². The largest absolute Gasteiger partial charge is 0.311 e. The Kier molecular flexibility index (Phi) is 5.56. The third-order valence-electron chi connectivity index (χ3n) is 5.77. The molecule has 29 heavy (non-hydrogen) atoms. The lowest BCUT2D eigenvalue weighted by atomic mass is 10.00. The summed E-state index contributed by atoms with van der Waals surface area (Å²) >= 11 is 0. The highest BCUT2D eigenvalue weighted by molar-refractivity contribution is 7.89. The molecular formula is C23H26N2O3S. The summed E-state index contributed by atoms with van der Waals surface area (Å²) in [6.45, 7) is 0.376. The highest BCUT2D eigenvalue weighted by atomic mass is 32.2. The van der Waals surface area contributed by atoms with Crippen LogP contribution in [0.2, 0.25) is 0 Å². The van der Waals surface area contributed by atoms with E-state index in [2.05, 4.69) is 4.72 Å². The van der Waals surface area contributed by atoms with Crippen molar-refractivity contribution in [2.75, 3.05) is 18.5 Å². The maximum absolute atomic E-state index is 12.8. The van der Waals surface area contributed by atoms with Crippen LogP contribution in [-0.4, -0.2) is 27.9 Å². The number of hydrogen-bond donors (Lipinski definition) is 1. The molecule has 152 valence electrons. The lowest BCUT2D eigenvalue weighted by Gasteiger charge is -2.11. The van der Waals surface area contributed by atoms with Crippen LogP contribution >= 0.6 is 0 Å². The highest BCUT2D eigenvalue weighted by Crippen LogP contribution is 2.42. The van der Waals surface area contributed by atoms with Crippen molar-refractivity contribution >= 4 is 27.2 Å². The highest BCUT2D eigenvalue weighted by Gasteiger charge is 2.34. The van der Waals surface area contributed by atoms with Crippen LogP contribution in [0.5, 0.6) is 0 Å². The zero-order chi connectivity index (χ0) is 20.4. The lowest BCUT2D eigenvalue weighted by molar-refractivity contribution is -0.112. The molecule has 0 bridgehead atoms. The number of fused-ring (bicyclic) bond motifs is 1. The molecule has 1 saturated carbocycles. The smallest absolute Gasteiger partial charge is 0.258 e. The van der Waals surface area contributed by atoms with Crippen LogP contribution in [0.15, 0.2) is 59.0 Å². The first-order valence-corrected chi connectivity index (χ1v) is 11.6. The van der Waals surface area contributed by atoms with Gasteiger partial charge in [0, 0.05) is 24.7 Å². The van der Waals surface area contributed by atoms with Crippen LogP contribution in [-0.2, 0) is 21.2 Å². The Balaban J connectivity index is 1.52. The first-order chi connectivity index (χ1) is 14.0. The molecule has 0 radical (unpaired) electrons. The van der Waals surface area contributed by atoms with E-state index in [9.17, 15) is 13.2 Å². The number of anilines is 1. The van der Waals surface area contributed by atoms with Crippen molar-refractivity contribution in [3.63, 3.8) is 0 Å². The fourth-order valence-electron chi connectivity index (χ4n) is 4.19. The average molecular weight is 411 g/mol. The van der Waals surface area contributed by atoms with Crippen molar-refractivity contribution in [3.05, 3.63) is 65.2 Å². The summed E-state index contributed by atoms with van der Waals surface area (Å²) in [5.41, 5.74) is 4.60. The molecule has 0 saturated heterocycles. The summed E-state index contributed by atoms with van der Waals surface area (Å²) in [7, 11) is -1.87. The Bertz CT molecular complexity index is 1050. The van der Waals surface area contributed by atoms with E-state index in [4.69, 9.17) is 0 Å². The van der Waals surface area contributed by atoms with Gasteiger partial charge in [-0.05, 0) is 62.3 Å². The van der Waals surface area contributed by atoms with Crippen LogP contribution in [0.4, 0.5) is 5.69 Å². The van der Waals surface area contributed by atoms with Crippen molar-refractivity contribution in [2.24, 2.45) is 0 Å². The average Bonchev–Trinajstić information content (AvgIpc) is 3.33. The van der Waals surface area contributed by atoms with Gasteiger partial charge in [-0.15, -0.1) is 0 Å². The minimum absolute atomic E-state index is 0.0257. The van der Waals surface area contributed by atoms with Crippen molar-refractivity contribution in [2.45, 2.75) is 43.4 Å². The third-order valence-corrected chi connectivity index (χ3v) is 7.22. The second-order valence-corrected chi connectivity index (χ2v) is 9.48. The fraction of sp³-hybridized carbons (Fsp3) is 0.348. The second kappa shape index (κ2) is 8.13. The Morgan fingerprint density at radius 3 is 2.48 bits per heavy atom. The molecule has 2 aromatic carbocycles. The molecule has 1 N–H and O–H groups in total. The molecule has 6 heteroatoms. The van der Waals surface area contributed by atoms with E-state index in [1.54, 1.807) is 30.1 Å². The van der Waals surface area contributed by atoms with Crippen molar-refractivity contribution < 1.29 is 13.2 Å². The zero-order valence-electron chi connectivity index (χ0n) is 16.6. The number of aryl methyl sites for hydroxylation is 1. The van der Waals surface area contributed by atoms with Gasteiger partial charge in [-0.25, -0.2) is 13.1 Å². The molecule has 1 heterocycles. The molecule has 4 rings (SSSR count). The van der Waals surface area contributed by atoms with Crippen LogP contribution in [0.1, 0.15) is 43.2 Å². The van der Waals surface area contributed by atoms with E-state index < -0.39 is 10.0 Å². The summed E-state index contributed by atoms with van der Waals surface area (Å²) in [5.74, 6) is -0.0257. The third kappa shape index (κ3) is 4.00. The molecule has 0 spiro atoms. The van der Waals surface area contributed by atoms with E-state index in [1.165, 1.54) is 5.56 Å². The van der Waals surface area contributed by atoms with Crippen LogP contribution in [0.25, 0.3) is 5.57 Å². The monoisotopic (exact) mass is 410 g/mol. The van der Waals surface area contributed by atoms with Gasteiger partial charge in [0.1, 0.15) is 0 Å². The standard InChI is InChI=1S/C23H26N2O3S/c1-25-21-14-13-19(16-20(21)22(23(25)26)18-11-5-6-12-18)29(27,28)24-15-7-10-17-8-3-2-4-9-17/h2-4,8-9,13-14,16,24H,5-7,10-12,15H2,1H3. The molecule has 5 nitrogen and oxygen atoms in total. The Hall–Kier alpha value is -2.44. The molecule has 1 aliphatic carbocycles. The number of likely N-dealkylation sites (N-methyl/N-ethyl adjacent to an activating group) is 1. The van der Waals surface area contributed by atoms with Gasteiger partial charge in [0.05, 0.1) is 10.6 Å². The number of carbonyl (C=O) groups is 1. The minimum Gasteiger partial charge on any atom is -0.311 e. The first-order valence-electron chi connectivity index (χ1n) is 10.2. The maximum Gasteiger partial charge on any atom is 0.258 e. The summed E-state index contributed by atoms with van der Waals surface area (Å²) in [4.78, 5) is 14.6. The van der Waals surface area contributed by atoms with Gasteiger partial charge in [0.25, 0.3) is 5.91 Å². The van der Waals surface area contributed by atoms with Crippen molar-refractivity contribution in [1.82, 2.24) is 4.72 Å². The second-order valence-electron chi connectivity index (χ2n) is 7.72. The number of sulfonamides is 1. The van der Waals surface area contributed by atoms with Gasteiger partial charge < -0.3 is 4.90 Å². The first kappa shape index (κ1) is 19.9. The number of rotatable bonds is 6. The summed E-state index contributed by atoms with van der Waals surface area (Å²) in [6, 6.07) is 15.0. The summed E-state index contributed by atoms with van der Waals surface area (Å²) in [5, 5.41) is 0. The number of hydrogen-bond acceptors (Lipinski definition) is 3. The molecule has 2 aromatic rings. The Morgan fingerprint density at radius 1 is 1.03 bits per heavy atom. The van der Waals surface area contributed by atoms with E-state index in [0.717, 1.165) is 55.3 Å². The molecule has 1 fully saturated rings. The molecule has 2 aliphatic rings. The van der Waals surface area contributed by atoms with E-state index in [0.29, 0.717) is 12.1 Å². The lowest BCUT2D eigenvalue weighted by Crippen LogP contribution is -2.25. The van der Waals surface area contributed by atoms with Crippen LogP contribution in [0, 0.1) is 0 Å². The maximum atomic E-state index is 12.8. The number of carbonyl (C=O) groups excluding carboxylic acids is 1. The minimum atomic E-state index is -3.62. The molecule has 0 atom stereocenters. The van der Waals surface area contributed by atoms with Crippen molar-refractivity contribution in [3.8, 4) is 0 Å². The van der Waals surface area contributed by atoms with Gasteiger partial charge in [-0.1, -0.05) is 35.9 Å². The topological polar surface area (TPSA) is 66.5 Å². The van der Waals surface area contributed by atoms with E-state index >= 15 is 0 Å². The van der Waals surface area contributed by atoms with Gasteiger partial charge >= 0.3 is 0 Å². The molecule has 0 unspecified atom stereocenters.